The van der Waals surface area contributed by atoms with Crippen LogP contribution in [0.1, 0.15) is 18.1 Å². The van der Waals surface area contributed by atoms with Gasteiger partial charge in [-0.2, -0.15) is 0 Å². The third-order valence-corrected chi connectivity index (χ3v) is 4.81. The Morgan fingerprint density at radius 3 is 2.83 bits per heavy atom. The van der Waals surface area contributed by atoms with Gasteiger partial charge in [-0.25, -0.2) is 4.39 Å². The van der Waals surface area contributed by atoms with Gasteiger partial charge in [0.05, 0.1) is 18.3 Å². The second-order valence-electron chi connectivity index (χ2n) is 6.50. The predicted octanol–water partition coefficient (Wildman–Crippen LogP) is 4.19. The Balaban J connectivity index is 1.84. The highest BCUT2D eigenvalue weighted by Gasteiger charge is 2.23. The maximum absolute atomic E-state index is 13.7. The predicted molar refractivity (Wildman–Crippen MR) is 108 cm³/mol. The van der Waals surface area contributed by atoms with E-state index in [0.717, 1.165) is 11.1 Å². The van der Waals surface area contributed by atoms with E-state index in [9.17, 15) is 9.18 Å². The average Bonchev–Trinajstić information content (AvgIpc) is 3.25. The SMILES string of the molecule is COc1cccc(CN(c2ccc(F)c(Cl)c2)C(C)C(=O)NCc2cnoc2)c1. The highest BCUT2D eigenvalue weighted by Crippen LogP contribution is 2.26. The largest absolute Gasteiger partial charge is 0.497 e. The molecule has 8 heteroatoms. The van der Waals surface area contributed by atoms with E-state index in [1.54, 1.807) is 26.3 Å². The fourth-order valence-corrected chi connectivity index (χ4v) is 3.05. The maximum Gasteiger partial charge on any atom is 0.242 e. The number of carbonyl (C=O) groups excluding carboxylic acids is 1. The van der Waals surface area contributed by atoms with Crippen molar-refractivity contribution in [2.75, 3.05) is 12.0 Å². The molecule has 0 bridgehead atoms. The molecular weight excluding hydrogens is 397 g/mol. The summed E-state index contributed by atoms with van der Waals surface area (Å²) in [6.07, 6.45) is 3.01. The van der Waals surface area contributed by atoms with Crippen molar-refractivity contribution >= 4 is 23.2 Å². The van der Waals surface area contributed by atoms with Crippen LogP contribution in [0.25, 0.3) is 0 Å². The summed E-state index contributed by atoms with van der Waals surface area (Å²) in [5.41, 5.74) is 2.32. The minimum Gasteiger partial charge on any atom is -0.497 e. The van der Waals surface area contributed by atoms with Crippen molar-refractivity contribution in [3.63, 3.8) is 0 Å². The molecule has 1 heterocycles. The van der Waals surface area contributed by atoms with Gasteiger partial charge in [-0.1, -0.05) is 28.9 Å². The lowest BCUT2D eigenvalue weighted by atomic mass is 10.1. The first kappa shape index (κ1) is 20.7. The Morgan fingerprint density at radius 1 is 1.31 bits per heavy atom. The molecule has 1 N–H and O–H groups in total. The molecule has 0 aliphatic carbocycles. The van der Waals surface area contributed by atoms with Gasteiger partial charge in [-0.3, -0.25) is 4.79 Å². The number of ether oxygens (including phenoxy) is 1. The maximum atomic E-state index is 13.7. The number of aromatic nitrogens is 1. The number of rotatable bonds is 8. The van der Waals surface area contributed by atoms with Gasteiger partial charge in [0, 0.05) is 24.3 Å². The smallest absolute Gasteiger partial charge is 0.242 e. The summed E-state index contributed by atoms with van der Waals surface area (Å²) < 4.78 is 23.7. The lowest BCUT2D eigenvalue weighted by molar-refractivity contribution is -0.122. The Morgan fingerprint density at radius 2 is 2.14 bits per heavy atom. The zero-order chi connectivity index (χ0) is 20.8. The molecule has 1 unspecified atom stereocenters. The van der Waals surface area contributed by atoms with Gasteiger partial charge in [-0.15, -0.1) is 0 Å². The van der Waals surface area contributed by atoms with Crippen LogP contribution in [0.5, 0.6) is 5.75 Å². The number of carbonyl (C=O) groups is 1. The van der Waals surface area contributed by atoms with Gasteiger partial charge in [0.2, 0.25) is 5.91 Å². The molecule has 1 amide bonds. The summed E-state index contributed by atoms with van der Waals surface area (Å²) in [4.78, 5) is 14.6. The van der Waals surface area contributed by atoms with E-state index in [4.69, 9.17) is 20.9 Å². The van der Waals surface area contributed by atoms with Gasteiger partial charge >= 0.3 is 0 Å². The van der Waals surface area contributed by atoms with Crippen LogP contribution in [0.15, 0.2) is 59.4 Å². The van der Waals surface area contributed by atoms with Crippen molar-refractivity contribution in [3.8, 4) is 5.75 Å². The summed E-state index contributed by atoms with van der Waals surface area (Å²) in [6, 6.07) is 11.4. The molecule has 2 aromatic carbocycles. The number of amides is 1. The summed E-state index contributed by atoms with van der Waals surface area (Å²) in [5.74, 6) is 0.00000357. The van der Waals surface area contributed by atoms with E-state index in [0.29, 0.717) is 24.5 Å². The molecule has 1 aromatic heterocycles. The van der Waals surface area contributed by atoms with Crippen molar-refractivity contribution < 1.29 is 18.4 Å². The summed E-state index contributed by atoms with van der Waals surface area (Å²) >= 11 is 5.98. The summed E-state index contributed by atoms with van der Waals surface area (Å²) in [6.45, 7) is 2.48. The minimum atomic E-state index is -0.553. The molecule has 0 aliphatic rings. The van der Waals surface area contributed by atoms with Crippen LogP contribution in [-0.2, 0) is 17.9 Å². The number of halogens is 2. The monoisotopic (exact) mass is 417 g/mol. The number of anilines is 1. The molecule has 3 rings (SSSR count). The number of nitrogens with one attached hydrogen (secondary N) is 1. The molecule has 3 aromatic rings. The van der Waals surface area contributed by atoms with Crippen molar-refractivity contribution in [2.24, 2.45) is 0 Å². The van der Waals surface area contributed by atoms with Crippen LogP contribution in [0.4, 0.5) is 10.1 Å². The highest BCUT2D eigenvalue weighted by atomic mass is 35.5. The van der Waals surface area contributed by atoms with Crippen molar-refractivity contribution in [3.05, 3.63) is 76.9 Å². The van der Waals surface area contributed by atoms with Gasteiger partial charge in [0.1, 0.15) is 23.9 Å². The van der Waals surface area contributed by atoms with Crippen LogP contribution in [0.3, 0.4) is 0 Å². The van der Waals surface area contributed by atoms with E-state index >= 15 is 0 Å². The average molecular weight is 418 g/mol. The fraction of sp³-hybridized carbons (Fsp3) is 0.238. The number of methoxy groups -OCH3 is 1. The van der Waals surface area contributed by atoms with Gasteiger partial charge in [-0.05, 0) is 42.8 Å². The Labute approximate surface area is 173 Å². The molecule has 0 saturated heterocycles. The fourth-order valence-electron chi connectivity index (χ4n) is 2.88. The molecular formula is C21H21ClFN3O3. The highest BCUT2D eigenvalue weighted by molar-refractivity contribution is 6.31. The number of hydrogen-bond acceptors (Lipinski definition) is 5. The van der Waals surface area contributed by atoms with Crippen LogP contribution in [-0.4, -0.2) is 24.2 Å². The zero-order valence-electron chi connectivity index (χ0n) is 16.1. The van der Waals surface area contributed by atoms with Crippen LogP contribution >= 0.6 is 11.6 Å². The van der Waals surface area contributed by atoms with E-state index in [2.05, 4.69) is 10.5 Å². The molecule has 0 radical (unpaired) electrons. The van der Waals surface area contributed by atoms with Crippen molar-refractivity contribution in [2.45, 2.75) is 26.1 Å². The first-order valence-corrected chi connectivity index (χ1v) is 9.36. The number of benzene rings is 2. The lowest BCUT2D eigenvalue weighted by Gasteiger charge is -2.31. The molecule has 0 fully saturated rings. The second kappa shape index (κ2) is 9.43. The molecule has 6 nitrogen and oxygen atoms in total. The molecule has 1 atom stereocenters. The molecule has 0 spiro atoms. The Hall–Kier alpha value is -3.06. The van der Waals surface area contributed by atoms with E-state index < -0.39 is 11.9 Å². The molecule has 0 aliphatic heterocycles. The van der Waals surface area contributed by atoms with Crippen molar-refractivity contribution in [1.82, 2.24) is 10.5 Å². The van der Waals surface area contributed by atoms with Gasteiger partial charge in [0.25, 0.3) is 0 Å². The summed E-state index contributed by atoms with van der Waals surface area (Å²) in [7, 11) is 1.59. The van der Waals surface area contributed by atoms with Crippen LogP contribution < -0.4 is 15.0 Å². The quantitative estimate of drug-likeness (QED) is 0.595. The topological polar surface area (TPSA) is 67.6 Å². The molecule has 0 saturated carbocycles. The normalized spacial score (nSPS) is 11.7. The molecule has 152 valence electrons. The third kappa shape index (κ3) is 5.26. The third-order valence-electron chi connectivity index (χ3n) is 4.52. The standard InChI is InChI=1S/C21H21ClFN3O3/c1-14(21(27)24-10-16-11-25-29-13-16)26(17-6-7-20(23)19(22)9-17)12-15-4-3-5-18(8-15)28-2/h3-9,11,13-14H,10,12H2,1-2H3,(H,24,27). The molecule has 29 heavy (non-hydrogen) atoms. The summed E-state index contributed by atoms with van der Waals surface area (Å²) in [5, 5.41) is 6.47. The van der Waals surface area contributed by atoms with E-state index in [-0.39, 0.29) is 10.9 Å². The van der Waals surface area contributed by atoms with E-state index in [1.807, 2.05) is 29.2 Å². The zero-order valence-corrected chi connectivity index (χ0v) is 16.8. The Kier molecular flexibility index (Phi) is 6.72. The minimum absolute atomic E-state index is 0.00442. The Bertz CT molecular complexity index is 966. The van der Waals surface area contributed by atoms with Crippen molar-refractivity contribution in [1.29, 1.82) is 0 Å². The second-order valence-corrected chi connectivity index (χ2v) is 6.91. The van der Waals surface area contributed by atoms with E-state index in [1.165, 1.54) is 18.4 Å². The number of nitrogens with zero attached hydrogens (tertiary/aromatic N) is 2. The lowest BCUT2D eigenvalue weighted by Crippen LogP contribution is -2.44. The van der Waals surface area contributed by atoms with Crippen LogP contribution in [0.2, 0.25) is 5.02 Å². The number of hydrogen-bond donors (Lipinski definition) is 1. The van der Waals surface area contributed by atoms with Gasteiger partial charge in [0.15, 0.2) is 0 Å². The first-order valence-electron chi connectivity index (χ1n) is 8.98. The van der Waals surface area contributed by atoms with Gasteiger partial charge < -0.3 is 19.5 Å². The van der Waals surface area contributed by atoms with Crippen LogP contribution in [0, 0.1) is 5.82 Å². The first-order chi connectivity index (χ1) is 14.0.